The highest BCUT2D eigenvalue weighted by molar-refractivity contribution is 5.71. The third-order valence-electron chi connectivity index (χ3n) is 11.4. The van der Waals surface area contributed by atoms with Crippen molar-refractivity contribution in [3.05, 3.63) is 85.1 Å². The van der Waals surface area contributed by atoms with Gasteiger partial charge in [-0.25, -0.2) is 0 Å². The van der Waals surface area contributed by atoms with Crippen molar-refractivity contribution in [1.82, 2.24) is 0 Å². The lowest BCUT2D eigenvalue weighted by atomic mass is 10.0. The second-order valence-electron chi connectivity index (χ2n) is 17.8. The first-order valence-electron chi connectivity index (χ1n) is 27.1. The first kappa shape index (κ1) is 61.6. The minimum absolute atomic E-state index is 0.103. The van der Waals surface area contributed by atoms with E-state index in [1.807, 2.05) is 6.08 Å². The van der Waals surface area contributed by atoms with Crippen molar-refractivity contribution < 1.29 is 28.6 Å². The van der Waals surface area contributed by atoms with Gasteiger partial charge in [0.05, 0.1) is 0 Å². The van der Waals surface area contributed by atoms with Gasteiger partial charge in [-0.15, -0.1) is 0 Å². The Bertz CT molecular complexity index is 1270. The molecule has 0 aromatic heterocycles. The van der Waals surface area contributed by atoms with Crippen molar-refractivity contribution in [2.24, 2.45) is 0 Å². The molecule has 6 heteroatoms. The van der Waals surface area contributed by atoms with Gasteiger partial charge >= 0.3 is 17.9 Å². The molecule has 0 aromatic carbocycles. The SMILES string of the molecule is CC/C=C\C/C=C\C/C=C\C/C=C\C/C=C\C/C=C\CCC(=O)OC[C@H](COC(=O)CCCCCCC/C=C\CCCC)OC(=O)CCCCCCCCCCCCCCCCCCC. The smallest absolute Gasteiger partial charge is 0.306 e. The van der Waals surface area contributed by atoms with Crippen molar-refractivity contribution in [2.45, 2.75) is 258 Å². The second kappa shape index (κ2) is 53.2. The summed E-state index contributed by atoms with van der Waals surface area (Å²) in [6, 6.07) is 0. The van der Waals surface area contributed by atoms with Gasteiger partial charge in [0.25, 0.3) is 0 Å². The molecule has 0 unspecified atom stereocenters. The topological polar surface area (TPSA) is 78.9 Å². The molecule has 0 bridgehead atoms. The van der Waals surface area contributed by atoms with Crippen molar-refractivity contribution in [2.75, 3.05) is 13.2 Å². The van der Waals surface area contributed by atoms with Crippen molar-refractivity contribution >= 4 is 17.9 Å². The molecule has 372 valence electrons. The first-order chi connectivity index (χ1) is 32.0. The highest BCUT2D eigenvalue weighted by Gasteiger charge is 2.19. The van der Waals surface area contributed by atoms with Gasteiger partial charge in [0.2, 0.25) is 0 Å². The lowest BCUT2D eigenvalue weighted by molar-refractivity contribution is -0.166. The van der Waals surface area contributed by atoms with Crippen LogP contribution in [0.25, 0.3) is 0 Å². The van der Waals surface area contributed by atoms with Gasteiger partial charge in [-0.1, -0.05) is 241 Å². The Kier molecular flexibility index (Phi) is 50.4. The van der Waals surface area contributed by atoms with Gasteiger partial charge in [-0.05, 0) is 77.0 Å². The number of carbonyl (C=O) groups is 3. The Morgan fingerprint density at radius 3 is 1.08 bits per heavy atom. The van der Waals surface area contributed by atoms with Crippen molar-refractivity contribution in [1.29, 1.82) is 0 Å². The van der Waals surface area contributed by atoms with E-state index in [0.29, 0.717) is 19.3 Å². The van der Waals surface area contributed by atoms with Crippen LogP contribution in [0.2, 0.25) is 0 Å². The summed E-state index contributed by atoms with van der Waals surface area (Å²) in [6.07, 6.45) is 68.7. The molecule has 0 rings (SSSR count). The first-order valence-corrected chi connectivity index (χ1v) is 27.1. The minimum Gasteiger partial charge on any atom is -0.462 e. The number of hydrogen-bond acceptors (Lipinski definition) is 6. The molecule has 1 atom stereocenters. The lowest BCUT2D eigenvalue weighted by Crippen LogP contribution is -2.30. The van der Waals surface area contributed by atoms with Crippen molar-refractivity contribution in [3.63, 3.8) is 0 Å². The molecule has 0 fully saturated rings. The molecular weight excluding hydrogens is 805 g/mol. The molecular formula is C59H100O6. The summed E-state index contributed by atoms with van der Waals surface area (Å²) in [5.41, 5.74) is 0. The van der Waals surface area contributed by atoms with Crippen LogP contribution >= 0.6 is 0 Å². The number of rotatable bonds is 48. The maximum Gasteiger partial charge on any atom is 0.306 e. The van der Waals surface area contributed by atoms with E-state index < -0.39 is 6.10 Å². The highest BCUT2D eigenvalue weighted by Crippen LogP contribution is 2.15. The van der Waals surface area contributed by atoms with E-state index in [0.717, 1.165) is 89.9 Å². The molecule has 0 heterocycles. The van der Waals surface area contributed by atoms with Crippen LogP contribution in [-0.2, 0) is 28.6 Å². The maximum absolute atomic E-state index is 12.8. The molecule has 0 aliphatic rings. The standard InChI is InChI=1S/C59H100O6/c1-4-7-10-13-16-19-22-24-26-28-29-31-32-34-37-40-43-46-49-52-58(61)64-55-56(54-63-57(60)51-48-45-42-39-36-21-18-15-12-9-6-3)65-59(62)53-50-47-44-41-38-35-33-30-27-25-23-20-17-14-11-8-5-2/h7,10,15-16,18-19,24,26,29,31,34,37,43,46,56H,4-6,8-9,11-14,17,20-23,25,27-28,30,32-33,35-36,38-42,44-45,47-55H2,1-3H3/b10-7-,18-15-,19-16-,26-24-,31-29-,37-34-,46-43-/t56-/m0/s1. The van der Waals surface area contributed by atoms with Gasteiger partial charge in [-0.3, -0.25) is 14.4 Å². The van der Waals surface area contributed by atoms with Crippen LogP contribution in [0.3, 0.4) is 0 Å². The monoisotopic (exact) mass is 905 g/mol. The molecule has 0 radical (unpaired) electrons. The Balaban J connectivity index is 4.46. The van der Waals surface area contributed by atoms with Crippen LogP contribution in [0.15, 0.2) is 85.1 Å². The van der Waals surface area contributed by atoms with Crippen LogP contribution in [0, 0.1) is 0 Å². The normalized spacial score (nSPS) is 12.7. The Labute approximate surface area is 401 Å². The van der Waals surface area contributed by atoms with E-state index in [4.69, 9.17) is 14.2 Å². The molecule has 0 spiro atoms. The zero-order chi connectivity index (χ0) is 47.2. The number of esters is 3. The van der Waals surface area contributed by atoms with Crippen LogP contribution in [0.5, 0.6) is 0 Å². The van der Waals surface area contributed by atoms with Gasteiger partial charge < -0.3 is 14.2 Å². The summed E-state index contributed by atoms with van der Waals surface area (Å²) in [6.45, 7) is 6.42. The Hall–Kier alpha value is -3.41. The predicted octanol–water partition coefficient (Wildman–Crippen LogP) is 18.0. The fourth-order valence-electron chi connectivity index (χ4n) is 7.33. The number of hydrogen-bond donors (Lipinski definition) is 0. The molecule has 0 aliphatic carbocycles. The molecule has 0 aromatic rings. The van der Waals surface area contributed by atoms with E-state index >= 15 is 0 Å². The van der Waals surface area contributed by atoms with Crippen LogP contribution < -0.4 is 0 Å². The average molecular weight is 905 g/mol. The largest absolute Gasteiger partial charge is 0.462 e. The summed E-state index contributed by atoms with van der Waals surface area (Å²) in [5, 5.41) is 0. The number of unbranched alkanes of at least 4 members (excludes halogenated alkanes) is 23. The fourth-order valence-corrected chi connectivity index (χ4v) is 7.33. The number of ether oxygens (including phenoxy) is 3. The summed E-state index contributed by atoms with van der Waals surface area (Å²) >= 11 is 0. The lowest BCUT2D eigenvalue weighted by Gasteiger charge is -2.18. The molecule has 0 N–H and O–H groups in total. The van der Waals surface area contributed by atoms with Crippen LogP contribution in [0.4, 0.5) is 0 Å². The van der Waals surface area contributed by atoms with E-state index in [1.54, 1.807) is 0 Å². The number of allylic oxidation sites excluding steroid dienone is 14. The van der Waals surface area contributed by atoms with Gasteiger partial charge in [-0.2, -0.15) is 0 Å². The third kappa shape index (κ3) is 51.4. The summed E-state index contributed by atoms with van der Waals surface area (Å²) < 4.78 is 16.7. The summed E-state index contributed by atoms with van der Waals surface area (Å²) in [5.74, 6) is -0.996. The van der Waals surface area contributed by atoms with Crippen LogP contribution in [0.1, 0.15) is 252 Å². The molecule has 0 saturated heterocycles. The van der Waals surface area contributed by atoms with Gasteiger partial charge in [0.1, 0.15) is 13.2 Å². The quantitative estimate of drug-likeness (QED) is 0.0262. The fraction of sp³-hybridized carbons (Fsp3) is 0.712. The van der Waals surface area contributed by atoms with Gasteiger partial charge in [0.15, 0.2) is 6.10 Å². The Morgan fingerprint density at radius 2 is 0.646 bits per heavy atom. The summed E-state index contributed by atoms with van der Waals surface area (Å²) in [7, 11) is 0. The van der Waals surface area contributed by atoms with Gasteiger partial charge in [0, 0.05) is 19.3 Å². The molecule has 6 nitrogen and oxygen atoms in total. The molecule has 0 saturated carbocycles. The van der Waals surface area contributed by atoms with Crippen LogP contribution in [-0.4, -0.2) is 37.2 Å². The number of carbonyl (C=O) groups excluding carboxylic acids is 3. The van der Waals surface area contributed by atoms with E-state index in [-0.39, 0.29) is 37.5 Å². The highest BCUT2D eigenvalue weighted by atomic mass is 16.6. The zero-order valence-electron chi connectivity index (χ0n) is 42.5. The maximum atomic E-state index is 12.8. The average Bonchev–Trinajstić information content (AvgIpc) is 3.30. The molecule has 0 amide bonds. The van der Waals surface area contributed by atoms with E-state index in [2.05, 4.69) is 99.8 Å². The molecule has 65 heavy (non-hydrogen) atoms. The third-order valence-corrected chi connectivity index (χ3v) is 11.4. The van der Waals surface area contributed by atoms with Crippen molar-refractivity contribution in [3.8, 4) is 0 Å². The van der Waals surface area contributed by atoms with E-state index in [1.165, 1.54) is 116 Å². The zero-order valence-corrected chi connectivity index (χ0v) is 42.5. The second-order valence-corrected chi connectivity index (χ2v) is 17.8. The van der Waals surface area contributed by atoms with E-state index in [9.17, 15) is 14.4 Å². The molecule has 0 aliphatic heterocycles. The predicted molar refractivity (Wildman–Crippen MR) is 279 cm³/mol. The Morgan fingerprint density at radius 1 is 0.323 bits per heavy atom. The minimum atomic E-state index is -0.808. The summed E-state index contributed by atoms with van der Waals surface area (Å²) in [4.78, 5) is 38.0.